The highest BCUT2D eigenvalue weighted by Gasteiger charge is 2.21. The molecule has 1 heterocycles. The molecule has 0 aliphatic rings. The Hall–Kier alpha value is -2.88. The van der Waals surface area contributed by atoms with Gasteiger partial charge in [-0.2, -0.15) is 5.10 Å². The van der Waals surface area contributed by atoms with E-state index in [0.717, 1.165) is 11.3 Å². The summed E-state index contributed by atoms with van der Waals surface area (Å²) in [6, 6.07) is 17.7. The fourth-order valence-corrected chi connectivity index (χ4v) is 2.93. The molecule has 0 fully saturated rings. The van der Waals surface area contributed by atoms with Gasteiger partial charge in [0.05, 0.1) is 11.2 Å². The molecule has 0 aliphatic heterocycles. The zero-order chi connectivity index (χ0) is 20.5. The molecule has 0 unspecified atom stereocenters. The Bertz CT molecular complexity index is 956. The van der Waals surface area contributed by atoms with Crippen LogP contribution in [-0.4, -0.2) is 15.7 Å². The third-order valence-electron chi connectivity index (χ3n) is 4.71. The lowest BCUT2D eigenvalue weighted by atomic mass is 9.87. The first kappa shape index (κ1) is 19.9. The van der Waals surface area contributed by atoms with Crippen molar-refractivity contribution in [2.24, 2.45) is 0 Å². The largest absolute Gasteiger partial charge is 0.319 e. The highest BCUT2D eigenvalue weighted by molar-refractivity contribution is 6.05. The number of hydrogen-bond acceptors (Lipinski definition) is 2. The maximum Gasteiger partial charge on any atom is 0.255 e. The molecule has 0 atom stereocenters. The molecule has 0 saturated heterocycles. The number of nitrogens with one attached hydrogen (secondary N) is 1. The van der Waals surface area contributed by atoms with Crippen molar-refractivity contribution in [3.05, 3.63) is 71.9 Å². The fourth-order valence-electron chi connectivity index (χ4n) is 2.93. The highest BCUT2D eigenvalue weighted by Crippen LogP contribution is 2.29. The molecule has 4 heteroatoms. The Labute approximate surface area is 167 Å². The Morgan fingerprint density at radius 2 is 1.50 bits per heavy atom. The molecule has 4 nitrogen and oxygen atoms in total. The van der Waals surface area contributed by atoms with Crippen LogP contribution in [0.4, 0.5) is 5.69 Å². The van der Waals surface area contributed by atoms with Gasteiger partial charge < -0.3 is 5.32 Å². The molecule has 1 aromatic heterocycles. The topological polar surface area (TPSA) is 46.9 Å². The lowest BCUT2D eigenvalue weighted by Crippen LogP contribution is -2.22. The maximum atomic E-state index is 12.9. The minimum atomic E-state index is -0.180. The molecular weight excluding hydrogens is 346 g/mol. The Morgan fingerprint density at radius 3 is 2.04 bits per heavy atom. The van der Waals surface area contributed by atoms with Crippen molar-refractivity contribution in [3.8, 4) is 11.3 Å². The molecule has 0 bridgehead atoms. The molecule has 1 N–H and O–H groups in total. The van der Waals surface area contributed by atoms with Crippen molar-refractivity contribution in [1.29, 1.82) is 0 Å². The monoisotopic (exact) mass is 375 g/mol. The van der Waals surface area contributed by atoms with Gasteiger partial charge in [0.1, 0.15) is 5.69 Å². The van der Waals surface area contributed by atoms with Crippen molar-refractivity contribution in [1.82, 2.24) is 9.78 Å². The number of amides is 1. The van der Waals surface area contributed by atoms with E-state index >= 15 is 0 Å². The van der Waals surface area contributed by atoms with E-state index in [1.165, 1.54) is 5.56 Å². The summed E-state index contributed by atoms with van der Waals surface area (Å²) in [5.41, 5.74) is 4.18. The molecule has 28 heavy (non-hydrogen) atoms. The van der Waals surface area contributed by atoms with Crippen LogP contribution in [-0.2, 0) is 11.0 Å². The van der Waals surface area contributed by atoms with Crippen LogP contribution in [0.25, 0.3) is 11.3 Å². The van der Waals surface area contributed by atoms with Crippen molar-refractivity contribution in [2.45, 2.75) is 52.5 Å². The first-order chi connectivity index (χ1) is 13.1. The van der Waals surface area contributed by atoms with E-state index in [0.29, 0.717) is 11.3 Å². The molecule has 3 rings (SSSR count). The number of carbonyl (C=O) groups is 1. The van der Waals surface area contributed by atoms with Crippen LogP contribution in [0.15, 0.2) is 60.8 Å². The van der Waals surface area contributed by atoms with Gasteiger partial charge >= 0.3 is 0 Å². The molecule has 0 aliphatic carbocycles. The standard InChI is InChI=1S/C24H29N3O/c1-23(2,3)19-14-12-18(13-15-19)22(28)25-20-16-27(24(4,5)6)26-21(20)17-10-8-7-9-11-17/h7-16H,1-6H3,(H,25,28). The second kappa shape index (κ2) is 7.27. The highest BCUT2D eigenvalue weighted by atomic mass is 16.1. The van der Waals surface area contributed by atoms with Crippen molar-refractivity contribution < 1.29 is 4.79 Å². The normalized spacial score (nSPS) is 12.1. The minimum Gasteiger partial charge on any atom is -0.319 e. The second-order valence-electron chi connectivity index (χ2n) is 9.15. The molecule has 2 aromatic carbocycles. The fraction of sp³-hybridized carbons (Fsp3) is 0.333. The van der Waals surface area contributed by atoms with Crippen molar-refractivity contribution in [3.63, 3.8) is 0 Å². The first-order valence-corrected chi connectivity index (χ1v) is 9.63. The Balaban J connectivity index is 1.93. The lowest BCUT2D eigenvalue weighted by Gasteiger charge is -2.19. The van der Waals surface area contributed by atoms with Gasteiger partial charge in [-0.1, -0.05) is 63.2 Å². The van der Waals surface area contributed by atoms with Gasteiger partial charge in [-0.05, 0) is 43.9 Å². The lowest BCUT2D eigenvalue weighted by molar-refractivity contribution is 0.102. The summed E-state index contributed by atoms with van der Waals surface area (Å²) >= 11 is 0. The Kier molecular flexibility index (Phi) is 5.16. The molecule has 0 spiro atoms. The van der Waals surface area contributed by atoms with Gasteiger partial charge in [-0.25, -0.2) is 0 Å². The minimum absolute atomic E-state index is 0.0589. The van der Waals surface area contributed by atoms with Gasteiger partial charge in [0.25, 0.3) is 5.91 Å². The van der Waals surface area contributed by atoms with Gasteiger partial charge in [0, 0.05) is 17.3 Å². The van der Waals surface area contributed by atoms with Crippen LogP contribution < -0.4 is 5.32 Å². The van der Waals surface area contributed by atoms with E-state index in [9.17, 15) is 4.79 Å². The number of benzene rings is 2. The van der Waals surface area contributed by atoms with E-state index in [4.69, 9.17) is 5.10 Å². The molecule has 1 amide bonds. The quantitative estimate of drug-likeness (QED) is 0.624. The smallest absolute Gasteiger partial charge is 0.255 e. The summed E-state index contributed by atoms with van der Waals surface area (Å²) in [5.74, 6) is -0.133. The zero-order valence-electron chi connectivity index (χ0n) is 17.6. The van der Waals surface area contributed by atoms with Crippen LogP contribution in [0.3, 0.4) is 0 Å². The predicted octanol–water partition coefficient (Wildman–Crippen LogP) is 5.85. The van der Waals surface area contributed by atoms with E-state index in [2.05, 4.69) is 46.9 Å². The van der Waals surface area contributed by atoms with Crippen LogP contribution in [0.1, 0.15) is 57.5 Å². The van der Waals surface area contributed by atoms with Crippen molar-refractivity contribution >= 4 is 11.6 Å². The predicted molar refractivity (Wildman–Crippen MR) is 116 cm³/mol. The average molecular weight is 376 g/mol. The number of anilines is 1. The van der Waals surface area contributed by atoms with Gasteiger partial charge in [-0.15, -0.1) is 0 Å². The SMILES string of the molecule is CC(C)(C)c1ccc(C(=O)Nc2cn(C(C)(C)C)nc2-c2ccccc2)cc1. The average Bonchev–Trinajstić information content (AvgIpc) is 3.06. The maximum absolute atomic E-state index is 12.9. The number of hydrogen-bond donors (Lipinski definition) is 1. The Morgan fingerprint density at radius 1 is 0.893 bits per heavy atom. The number of aromatic nitrogens is 2. The molecule has 146 valence electrons. The number of rotatable bonds is 3. The van der Waals surface area contributed by atoms with E-state index in [1.807, 2.05) is 65.5 Å². The summed E-state index contributed by atoms with van der Waals surface area (Å²) in [6.45, 7) is 12.8. The van der Waals surface area contributed by atoms with Crippen LogP contribution >= 0.6 is 0 Å². The molecule has 0 saturated carbocycles. The van der Waals surface area contributed by atoms with Gasteiger partial charge in [0.2, 0.25) is 0 Å². The molecule has 3 aromatic rings. The molecular formula is C24H29N3O. The summed E-state index contributed by atoms with van der Waals surface area (Å²) in [5, 5.41) is 7.80. The summed E-state index contributed by atoms with van der Waals surface area (Å²) in [6.07, 6.45) is 1.91. The van der Waals surface area contributed by atoms with Crippen molar-refractivity contribution in [2.75, 3.05) is 5.32 Å². The van der Waals surface area contributed by atoms with E-state index < -0.39 is 0 Å². The zero-order valence-corrected chi connectivity index (χ0v) is 17.6. The summed E-state index contributed by atoms with van der Waals surface area (Å²) in [7, 11) is 0. The number of carbonyl (C=O) groups excluding carboxylic acids is 1. The first-order valence-electron chi connectivity index (χ1n) is 9.63. The van der Waals surface area contributed by atoms with E-state index in [-0.39, 0.29) is 16.9 Å². The number of nitrogens with zero attached hydrogens (tertiary/aromatic N) is 2. The van der Waals surface area contributed by atoms with Gasteiger partial charge in [-0.3, -0.25) is 9.48 Å². The van der Waals surface area contributed by atoms with Crippen LogP contribution in [0, 0.1) is 0 Å². The van der Waals surface area contributed by atoms with E-state index in [1.54, 1.807) is 0 Å². The summed E-state index contributed by atoms with van der Waals surface area (Å²) in [4.78, 5) is 12.9. The van der Waals surface area contributed by atoms with Gasteiger partial charge in [0.15, 0.2) is 0 Å². The van der Waals surface area contributed by atoms with Crippen LogP contribution in [0.5, 0.6) is 0 Å². The second-order valence-corrected chi connectivity index (χ2v) is 9.15. The molecule has 0 radical (unpaired) electrons. The van der Waals surface area contributed by atoms with Crippen LogP contribution in [0.2, 0.25) is 0 Å². The summed E-state index contributed by atoms with van der Waals surface area (Å²) < 4.78 is 1.90. The third-order valence-corrected chi connectivity index (χ3v) is 4.71. The third kappa shape index (κ3) is 4.33.